The van der Waals surface area contributed by atoms with Crippen LogP contribution in [0.5, 0.6) is 17.2 Å². The Bertz CT molecular complexity index is 1150. The average Bonchev–Trinajstić information content (AvgIpc) is 3.35. The fourth-order valence-electron chi connectivity index (χ4n) is 4.33. The molecule has 10 nitrogen and oxygen atoms in total. The zero-order valence-corrected chi connectivity index (χ0v) is 21.5. The highest BCUT2D eigenvalue weighted by molar-refractivity contribution is 7.86. The van der Waals surface area contributed by atoms with Gasteiger partial charge in [-0.05, 0) is 49.2 Å². The SMILES string of the molecule is COc1ccc(N(CC(=O)NC2CCCCC2)C(=O)C[S@@](=O)CC(=O)Nc2ccc3c(c2)OCO3)cc1. The van der Waals surface area contributed by atoms with Crippen molar-refractivity contribution in [1.82, 2.24) is 5.32 Å². The number of carbonyl (C=O) groups excluding carboxylic acids is 3. The molecule has 4 rings (SSSR count). The van der Waals surface area contributed by atoms with Crippen molar-refractivity contribution in [3.63, 3.8) is 0 Å². The molecule has 1 saturated carbocycles. The van der Waals surface area contributed by atoms with E-state index in [-0.39, 0.29) is 31.0 Å². The van der Waals surface area contributed by atoms with E-state index >= 15 is 0 Å². The lowest BCUT2D eigenvalue weighted by Crippen LogP contribution is -2.46. The molecular weight excluding hydrogens is 498 g/mol. The molecule has 198 valence electrons. The maximum atomic E-state index is 13.2. The van der Waals surface area contributed by atoms with Crippen LogP contribution in [0.15, 0.2) is 42.5 Å². The Balaban J connectivity index is 1.36. The van der Waals surface area contributed by atoms with Gasteiger partial charge < -0.3 is 29.7 Å². The van der Waals surface area contributed by atoms with E-state index in [1.54, 1.807) is 42.5 Å². The molecule has 0 bridgehead atoms. The number of fused-ring (bicyclic) bond motifs is 1. The monoisotopic (exact) mass is 529 g/mol. The molecule has 1 aliphatic heterocycles. The van der Waals surface area contributed by atoms with E-state index in [1.807, 2.05) is 0 Å². The fraction of sp³-hybridized carbons (Fsp3) is 0.423. The maximum Gasteiger partial charge on any atom is 0.240 e. The molecule has 0 aromatic heterocycles. The molecular formula is C26H31N3O7S. The van der Waals surface area contributed by atoms with E-state index in [2.05, 4.69) is 10.6 Å². The van der Waals surface area contributed by atoms with Gasteiger partial charge in [0.25, 0.3) is 0 Å². The topological polar surface area (TPSA) is 123 Å². The van der Waals surface area contributed by atoms with Crippen molar-refractivity contribution in [2.45, 2.75) is 38.1 Å². The van der Waals surface area contributed by atoms with Crippen molar-refractivity contribution in [3.05, 3.63) is 42.5 Å². The van der Waals surface area contributed by atoms with Gasteiger partial charge in [-0.1, -0.05) is 19.3 Å². The van der Waals surface area contributed by atoms with Crippen molar-refractivity contribution in [3.8, 4) is 17.2 Å². The normalized spacial score (nSPS) is 15.5. The Morgan fingerprint density at radius 2 is 1.70 bits per heavy atom. The Morgan fingerprint density at radius 1 is 0.973 bits per heavy atom. The van der Waals surface area contributed by atoms with Gasteiger partial charge in [0.15, 0.2) is 11.5 Å². The van der Waals surface area contributed by atoms with E-state index in [0.717, 1.165) is 32.1 Å². The molecule has 37 heavy (non-hydrogen) atoms. The van der Waals surface area contributed by atoms with Gasteiger partial charge in [-0.25, -0.2) is 0 Å². The molecule has 1 fully saturated rings. The summed E-state index contributed by atoms with van der Waals surface area (Å²) in [6, 6.07) is 11.7. The molecule has 0 unspecified atom stereocenters. The summed E-state index contributed by atoms with van der Waals surface area (Å²) >= 11 is 0. The predicted octanol–water partition coefficient (Wildman–Crippen LogP) is 2.59. The largest absolute Gasteiger partial charge is 0.497 e. The molecule has 0 saturated heterocycles. The van der Waals surface area contributed by atoms with E-state index < -0.39 is 28.4 Å². The van der Waals surface area contributed by atoms with Crippen molar-refractivity contribution < 1.29 is 32.8 Å². The zero-order valence-electron chi connectivity index (χ0n) is 20.7. The van der Waals surface area contributed by atoms with Crippen molar-refractivity contribution in [2.24, 2.45) is 0 Å². The summed E-state index contributed by atoms with van der Waals surface area (Å²) in [6.45, 7) is -0.0928. The van der Waals surface area contributed by atoms with E-state index in [0.29, 0.717) is 28.6 Å². The van der Waals surface area contributed by atoms with Gasteiger partial charge in [0, 0.05) is 34.3 Å². The van der Waals surface area contributed by atoms with Crippen molar-refractivity contribution in [2.75, 3.05) is 42.2 Å². The number of benzene rings is 2. The first-order valence-electron chi connectivity index (χ1n) is 12.2. The van der Waals surface area contributed by atoms with Gasteiger partial charge in [-0.15, -0.1) is 0 Å². The lowest BCUT2D eigenvalue weighted by Gasteiger charge is -2.26. The van der Waals surface area contributed by atoms with Gasteiger partial charge >= 0.3 is 0 Å². The summed E-state index contributed by atoms with van der Waals surface area (Å²) in [5, 5.41) is 5.67. The summed E-state index contributed by atoms with van der Waals surface area (Å²) in [5.74, 6) is -0.375. The van der Waals surface area contributed by atoms with Crippen LogP contribution in [0.3, 0.4) is 0 Å². The number of amides is 3. The summed E-state index contributed by atoms with van der Waals surface area (Å²) < 4.78 is 28.4. The lowest BCUT2D eigenvalue weighted by molar-refractivity contribution is -0.123. The highest BCUT2D eigenvalue weighted by Crippen LogP contribution is 2.34. The Morgan fingerprint density at radius 3 is 2.43 bits per heavy atom. The number of ether oxygens (including phenoxy) is 3. The van der Waals surface area contributed by atoms with Crippen LogP contribution in [-0.4, -0.2) is 59.9 Å². The van der Waals surface area contributed by atoms with Gasteiger partial charge in [0.05, 0.1) is 7.11 Å². The first kappa shape index (κ1) is 26.5. The van der Waals surface area contributed by atoms with Crippen LogP contribution in [0.4, 0.5) is 11.4 Å². The average molecular weight is 530 g/mol. The van der Waals surface area contributed by atoms with Crippen LogP contribution < -0.4 is 29.7 Å². The Hall–Kier alpha value is -3.60. The number of nitrogens with one attached hydrogen (secondary N) is 2. The lowest BCUT2D eigenvalue weighted by atomic mass is 9.95. The number of nitrogens with zero attached hydrogens (tertiary/aromatic N) is 1. The number of hydrogen-bond acceptors (Lipinski definition) is 7. The van der Waals surface area contributed by atoms with Gasteiger partial charge in [0.1, 0.15) is 23.8 Å². The molecule has 1 heterocycles. The number of methoxy groups -OCH3 is 1. The van der Waals surface area contributed by atoms with Crippen LogP contribution in [0.1, 0.15) is 32.1 Å². The summed E-state index contributed by atoms with van der Waals surface area (Å²) in [5.41, 5.74) is 0.947. The van der Waals surface area contributed by atoms with Gasteiger partial charge in [-0.2, -0.15) is 0 Å². The van der Waals surface area contributed by atoms with Crippen molar-refractivity contribution >= 4 is 39.9 Å². The molecule has 1 aliphatic carbocycles. The minimum absolute atomic E-state index is 0.100. The van der Waals surface area contributed by atoms with Gasteiger partial charge in [-0.3, -0.25) is 18.6 Å². The molecule has 0 radical (unpaired) electrons. The first-order valence-corrected chi connectivity index (χ1v) is 13.7. The molecule has 0 spiro atoms. The molecule has 11 heteroatoms. The predicted molar refractivity (Wildman–Crippen MR) is 139 cm³/mol. The molecule has 1 atom stereocenters. The number of rotatable bonds is 10. The van der Waals surface area contributed by atoms with Gasteiger partial charge in [0.2, 0.25) is 24.5 Å². The summed E-state index contributed by atoms with van der Waals surface area (Å²) in [7, 11) is -0.255. The molecule has 3 amide bonds. The smallest absolute Gasteiger partial charge is 0.240 e. The molecule has 2 N–H and O–H groups in total. The van der Waals surface area contributed by atoms with E-state index in [1.165, 1.54) is 12.0 Å². The van der Waals surface area contributed by atoms with Crippen LogP contribution in [-0.2, 0) is 25.2 Å². The number of anilines is 2. The fourth-order valence-corrected chi connectivity index (χ4v) is 5.23. The Labute approximate surface area is 218 Å². The molecule has 2 aromatic rings. The summed E-state index contributed by atoms with van der Waals surface area (Å²) in [4.78, 5) is 39.7. The van der Waals surface area contributed by atoms with Crippen LogP contribution in [0.2, 0.25) is 0 Å². The maximum absolute atomic E-state index is 13.2. The second-order valence-electron chi connectivity index (χ2n) is 8.93. The van der Waals surface area contributed by atoms with E-state index in [4.69, 9.17) is 14.2 Å². The second-order valence-corrected chi connectivity index (χ2v) is 10.4. The molecule has 2 aromatic carbocycles. The minimum atomic E-state index is -1.79. The van der Waals surface area contributed by atoms with Crippen LogP contribution in [0.25, 0.3) is 0 Å². The third-order valence-electron chi connectivity index (χ3n) is 6.19. The Kier molecular flexibility index (Phi) is 8.99. The second kappa shape index (κ2) is 12.6. The third-order valence-corrected chi connectivity index (χ3v) is 7.34. The van der Waals surface area contributed by atoms with Crippen molar-refractivity contribution in [1.29, 1.82) is 0 Å². The minimum Gasteiger partial charge on any atom is -0.497 e. The van der Waals surface area contributed by atoms with Crippen LogP contribution in [0, 0.1) is 0 Å². The summed E-state index contributed by atoms with van der Waals surface area (Å²) in [6.07, 6.45) is 5.14. The van der Waals surface area contributed by atoms with E-state index in [9.17, 15) is 18.6 Å². The zero-order chi connectivity index (χ0) is 26.2. The highest BCUT2D eigenvalue weighted by atomic mass is 32.2. The number of carbonyl (C=O) groups is 3. The molecule has 2 aliphatic rings. The first-order chi connectivity index (χ1) is 17.9. The standard InChI is InChI=1S/C26H31N3O7S/c1-34-21-10-8-20(9-11-21)29(14-24(30)27-18-5-3-2-4-6-18)26(32)16-37(33)15-25(31)28-19-7-12-22-23(13-19)36-17-35-22/h7-13,18H,2-6,14-17H2,1H3,(H,27,30)(H,28,31)/t37-/m0/s1. The number of hydrogen-bond donors (Lipinski definition) is 2. The quantitative estimate of drug-likeness (QED) is 0.485. The third kappa shape index (κ3) is 7.45. The highest BCUT2D eigenvalue weighted by Gasteiger charge is 2.24. The van der Waals surface area contributed by atoms with Crippen LogP contribution >= 0.6 is 0 Å².